The van der Waals surface area contributed by atoms with Gasteiger partial charge in [-0.1, -0.05) is 23.4 Å². The molecule has 0 bridgehead atoms. The Balaban J connectivity index is 1.44. The fourth-order valence-corrected chi connectivity index (χ4v) is 3.33. The van der Waals surface area contributed by atoms with Crippen LogP contribution in [0, 0.1) is 5.82 Å². The molecule has 26 heavy (non-hydrogen) atoms. The first-order chi connectivity index (χ1) is 12.6. The zero-order chi connectivity index (χ0) is 18.1. The van der Waals surface area contributed by atoms with Crippen LogP contribution in [0.25, 0.3) is 0 Å². The molecule has 2 fully saturated rings. The van der Waals surface area contributed by atoms with E-state index in [1.54, 1.807) is 18.2 Å². The molecule has 1 aromatic heterocycles. The topological polar surface area (TPSA) is 91.5 Å². The van der Waals surface area contributed by atoms with E-state index in [4.69, 9.17) is 4.52 Å². The number of halogens is 1. The van der Waals surface area contributed by atoms with Gasteiger partial charge in [-0.2, -0.15) is 4.98 Å². The lowest BCUT2D eigenvalue weighted by molar-refractivity contribution is 0.0937. The monoisotopic (exact) mass is 360 g/mol. The standard InChI is InChI=1S/C18H21FN4O3/c19-13-5-2-1-4-12(13)15(24)10-23-9-3-6-14(23)18-21-16(22-26-18)17(25)20-11-7-8-11/h1-2,4-5,11,14-15,24H,3,6-10H2,(H,20,25). The molecule has 2 N–H and O–H groups in total. The van der Waals surface area contributed by atoms with Crippen LogP contribution >= 0.6 is 0 Å². The van der Waals surface area contributed by atoms with Gasteiger partial charge in [0.05, 0.1) is 12.1 Å². The van der Waals surface area contributed by atoms with Crippen LogP contribution in [0.4, 0.5) is 4.39 Å². The van der Waals surface area contributed by atoms with Crippen molar-refractivity contribution in [2.45, 2.75) is 43.9 Å². The van der Waals surface area contributed by atoms with Gasteiger partial charge in [0, 0.05) is 18.2 Å². The Morgan fingerprint density at radius 2 is 2.19 bits per heavy atom. The van der Waals surface area contributed by atoms with E-state index in [9.17, 15) is 14.3 Å². The fourth-order valence-electron chi connectivity index (χ4n) is 3.33. The summed E-state index contributed by atoms with van der Waals surface area (Å²) in [7, 11) is 0. The Morgan fingerprint density at radius 3 is 2.96 bits per heavy atom. The molecule has 4 rings (SSSR count). The number of aliphatic hydroxyl groups is 1. The number of benzene rings is 1. The number of amides is 1. The lowest BCUT2D eigenvalue weighted by Crippen LogP contribution is -2.29. The molecule has 1 amide bonds. The van der Waals surface area contributed by atoms with Crippen LogP contribution in [0.2, 0.25) is 0 Å². The molecule has 2 aliphatic rings. The maximum Gasteiger partial charge on any atom is 0.292 e. The second-order valence-electron chi connectivity index (χ2n) is 6.89. The molecule has 7 nitrogen and oxygen atoms in total. The van der Waals surface area contributed by atoms with Crippen LogP contribution in [-0.2, 0) is 0 Å². The van der Waals surface area contributed by atoms with Crippen molar-refractivity contribution in [3.05, 3.63) is 47.4 Å². The predicted molar refractivity (Wildman–Crippen MR) is 89.7 cm³/mol. The first kappa shape index (κ1) is 17.1. The molecule has 0 spiro atoms. The number of likely N-dealkylation sites (tertiary alicyclic amines) is 1. The van der Waals surface area contributed by atoms with Crippen LogP contribution < -0.4 is 5.32 Å². The highest BCUT2D eigenvalue weighted by Crippen LogP contribution is 2.33. The maximum atomic E-state index is 13.9. The number of nitrogens with zero attached hydrogens (tertiary/aromatic N) is 3. The summed E-state index contributed by atoms with van der Waals surface area (Å²) in [6, 6.07) is 6.26. The van der Waals surface area contributed by atoms with Crippen molar-refractivity contribution in [2.24, 2.45) is 0 Å². The average Bonchev–Trinajstić information content (AvgIpc) is 3.11. The van der Waals surface area contributed by atoms with Crippen LogP contribution in [0.15, 0.2) is 28.8 Å². The molecule has 1 saturated heterocycles. The summed E-state index contributed by atoms with van der Waals surface area (Å²) in [6.45, 7) is 1.000. The molecular weight excluding hydrogens is 339 g/mol. The highest BCUT2D eigenvalue weighted by atomic mass is 19.1. The van der Waals surface area contributed by atoms with E-state index in [2.05, 4.69) is 15.5 Å². The van der Waals surface area contributed by atoms with Crippen LogP contribution in [0.5, 0.6) is 0 Å². The van der Waals surface area contributed by atoms with E-state index < -0.39 is 11.9 Å². The molecule has 1 aromatic carbocycles. The van der Waals surface area contributed by atoms with Crippen LogP contribution in [0.3, 0.4) is 0 Å². The molecule has 138 valence electrons. The first-order valence-electron chi connectivity index (χ1n) is 8.93. The summed E-state index contributed by atoms with van der Waals surface area (Å²) in [4.78, 5) is 18.2. The van der Waals surface area contributed by atoms with Crippen LogP contribution in [0.1, 0.15) is 59.9 Å². The number of carbonyl (C=O) groups excluding carboxylic acids is 1. The summed E-state index contributed by atoms with van der Waals surface area (Å²) < 4.78 is 19.2. The lowest BCUT2D eigenvalue weighted by Gasteiger charge is -2.24. The summed E-state index contributed by atoms with van der Waals surface area (Å²) in [5.41, 5.74) is 0.271. The fraction of sp³-hybridized carbons (Fsp3) is 0.500. The SMILES string of the molecule is O=C(NC1CC1)c1noc(C2CCCN2CC(O)c2ccccc2F)n1. The number of rotatable bonds is 6. The molecule has 0 radical (unpaired) electrons. The second kappa shape index (κ2) is 7.13. The lowest BCUT2D eigenvalue weighted by atomic mass is 10.1. The smallest absolute Gasteiger partial charge is 0.292 e. The molecule has 2 unspecified atom stereocenters. The van der Waals surface area contributed by atoms with Gasteiger partial charge in [-0.3, -0.25) is 9.69 Å². The Kier molecular flexibility index (Phi) is 4.69. The predicted octanol–water partition coefficient (Wildman–Crippen LogP) is 1.97. The third kappa shape index (κ3) is 3.61. The van der Waals surface area contributed by atoms with Crippen molar-refractivity contribution in [3.63, 3.8) is 0 Å². The zero-order valence-corrected chi connectivity index (χ0v) is 14.3. The highest BCUT2D eigenvalue weighted by Gasteiger charge is 2.34. The van der Waals surface area contributed by atoms with E-state index >= 15 is 0 Å². The third-order valence-corrected chi connectivity index (χ3v) is 4.88. The molecule has 1 saturated carbocycles. The normalized spacial score (nSPS) is 21.7. The highest BCUT2D eigenvalue weighted by molar-refractivity contribution is 5.90. The largest absolute Gasteiger partial charge is 0.387 e. The number of aliphatic hydroxyl groups excluding tert-OH is 1. The summed E-state index contributed by atoms with van der Waals surface area (Å²) in [5.74, 6) is -0.344. The summed E-state index contributed by atoms with van der Waals surface area (Å²) >= 11 is 0. The van der Waals surface area contributed by atoms with Gasteiger partial charge in [-0.05, 0) is 38.3 Å². The molecule has 2 heterocycles. The van der Waals surface area contributed by atoms with Gasteiger partial charge in [-0.15, -0.1) is 0 Å². The van der Waals surface area contributed by atoms with Gasteiger partial charge in [-0.25, -0.2) is 4.39 Å². The van der Waals surface area contributed by atoms with Gasteiger partial charge >= 0.3 is 0 Å². The number of β-amino-alcohol motifs (C(OH)–C–C–N with tert-alkyl or cyclic N) is 1. The Bertz CT molecular complexity index is 792. The number of aromatic nitrogens is 2. The Hall–Kier alpha value is -2.32. The quantitative estimate of drug-likeness (QED) is 0.818. The summed E-state index contributed by atoms with van der Waals surface area (Å²) in [6.07, 6.45) is 2.72. The van der Waals surface area contributed by atoms with Crippen molar-refractivity contribution in [2.75, 3.05) is 13.1 Å². The molecular formula is C18H21FN4O3. The Labute approximate surface area is 150 Å². The van der Waals surface area contributed by atoms with Crippen molar-refractivity contribution in [1.82, 2.24) is 20.4 Å². The number of hydrogen-bond acceptors (Lipinski definition) is 6. The minimum Gasteiger partial charge on any atom is -0.387 e. The maximum absolute atomic E-state index is 13.9. The van der Waals surface area contributed by atoms with E-state index in [0.29, 0.717) is 5.89 Å². The van der Waals surface area contributed by atoms with Crippen LogP contribution in [-0.4, -0.2) is 45.2 Å². The number of hydrogen-bond donors (Lipinski definition) is 2. The van der Waals surface area contributed by atoms with Crippen molar-refractivity contribution in [1.29, 1.82) is 0 Å². The Morgan fingerprint density at radius 1 is 1.38 bits per heavy atom. The van der Waals surface area contributed by atoms with Gasteiger partial charge in [0.25, 0.3) is 11.7 Å². The van der Waals surface area contributed by atoms with Crippen molar-refractivity contribution < 1.29 is 18.8 Å². The number of carbonyl (C=O) groups is 1. The van der Waals surface area contributed by atoms with Gasteiger partial charge in [0.2, 0.25) is 5.89 Å². The molecule has 1 aliphatic heterocycles. The van der Waals surface area contributed by atoms with Crippen molar-refractivity contribution in [3.8, 4) is 0 Å². The molecule has 8 heteroatoms. The van der Waals surface area contributed by atoms with E-state index in [1.807, 2.05) is 4.90 Å². The molecule has 1 aliphatic carbocycles. The van der Waals surface area contributed by atoms with E-state index in [1.165, 1.54) is 6.07 Å². The van der Waals surface area contributed by atoms with Gasteiger partial charge < -0.3 is 14.9 Å². The third-order valence-electron chi connectivity index (χ3n) is 4.88. The molecule has 2 atom stereocenters. The minimum atomic E-state index is -0.947. The number of nitrogens with one attached hydrogen (secondary N) is 1. The van der Waals surface area contributed by atoms with Gasteiger partial charge in [0.15, 0.2) is 0 Å². The second-order valence-corrected chi connectivity index (χ2v) is 6.89. The van der Waals surface area contributed by atoms with Crippen molar-refractivity contribution >= 4 is 5.91 Å². The zero-order valence-electron chi connectivity index (χ0n) is 14.3. The average molecular weight is 360 g/mol. The molecule has 2 aromatic rings. The minimum absolute atomic E-state index is 0.0356. The van der Waals surface area contributed by atoms with Gasteiger partial charge in [0.1, 0.15) is 5.82 Å². The first-order valence-corrected chi connectivity index (χ1v) is 8.93. The van der Waals surface area contributed by atoms with E-state index in [-0.39, 0.29) is 35.9 Å². The van der Waals surface area contributed by atoms with E-state index in [0.717, 1.165) is 32.2 Å². The summed E-state index contributed by atoms with van der Waals surface area (Å²) in [5, 5.41) is 17.0.